The van der Waals surface area contributed by atoms with Crippen molar-refractivity contribution in [1.29, 1.82) is 0 Å². The van der Waals surface area contributed by atoms with Crippen molar-refractivity contribution in [3.05, 3.63) is 11.7 Å². The number of rotatable bonds is 3. The fourth-order valence-electron chi connectivity index (χ4n) is 2.76. The average Bonchev–Trinajstić information content (AvgIpc) is 2.92. The summed E-state index contributed by atoms with van der Waals surface area (Å²) in [7, 11) is 4.17. The highest BCUT2D eigenvalue weighted by molar-refractivity contribution is 5.82. The number of piperazine rings is 2. The molecule has 2 fully saturated rings. The molecule has 2 N–H and O–H groups in total. The van der Waals surface area contributed by atoms with Crippen molar-refractivity contribution in [2.75, 3.05) is 46.8 Å². The van der Waals surface area contributed by atoms with E-state index in [1.165, 1.54) is 0 Å². The van der Waals surface area contributed by atoms with Crippen LogP contribution in [0.3, 0.4) is 0 Å². The average molecular weight is 294 g/mol. The summed E-state index contributed by atoms with van der Waals surface area (Å²) in [6.45, 7) is 4.36. The molecule has 0 saturated carbocycles. The Morgan fingerprint density at radius 1 is 1.33 bits per heavy atom. The van der Waals surface area contributed by atoms with Crippen molar-refractivity contribution in [2.45, 2.75) is 18.5 Å². The Kier molecular flexibility index (Phi) is 4.18. The lowest BCUT2D eigenvalue weighted by Crippen LogP contribution is -2.53. The molecule has 3 rings (SSSR count). The summed E-state index contributed by atoms with van der Waals surface area (Å²) < 4.78 is 5.33. The number of nitrogens with zero attached hydrogens (tertiary/aromatic N) is 4. The summed E-state index contributed by atoms with van der Waals surface area (Å²) in [4.78, 5) is 20.7. The zero-order valence-corrected chi connectivity index (χ0v) is 12.5. The minimum Gasteiger partial charge on any atom is -0.353 e. The Labute approximate surface area is 123 Å². The van der Waals surface area contributed by atoms with E-state index in [1.54, 1.807) is 0 Å². The van der Waals surface area contributed by atoms with Gasteiger partial charge in [0.15, 0.2) is 5.82 Å². The van der Waals surface area contributed by atoms with Gasteiger partial charge in [0.05, 0.1) is 18.5 Å². The van der Waals surface area contributed by atoms with Crippen LogP contribution in [0.4, 0.5) is 0 Å². The zero-order valence-electron chi connectivity index (χ0n) is 12.5. The first kappa shape index (κ1) is 14.4. The van der Waals surface area contributed by atoms with Crippen LogP contribution in [0.1, 0.15) is 17.8 Å². The number of hydrogen-bond acceptors (Lipinski definition) is 7. The summed E-state index contributed by atoms with van der Waals surface area (Å²) in [5.41, 5.74) is 0. The van der Waals surface area contributed by atoms with E-state index in [0.717, 1.165) is 26.2 Å². The quantitative estimate of drug-likeness (QED) is 0.710. The molecule has 8 nitrogen and oxygen atoms in total. The van der Waals surface area contributed by atoms with Gasteiger partial charge in [-0.3, -0.25) is 9.69 Å². The number of hydrogen-bond donors (Lipinski definition) is 2. The molecular weight excluding hydrogens is 272 g/mol. The third-order valence-electron chi connectivity index (χ3n) is 4.14. The Morgan fingerprint density at radius 2 is 2.19 bits per heavy atom. The molecule has 8 heteroatoms. The largest absolute Gasteiger partial charge is 0.353 e. The van der Waals surface area contributed by atoms with E-state index < -0.39 is 0 Å². The van der Waals surface area contributed by atoms with E-state index in [4.69, 9.17) is 4.52 Å². The van der Waals surface area contributed by atoms with Crippen LogP contribution in [0.5, 0.6) is 0 Å². The minimum absolute atomic E-state index is 0.00415. The first-order valence-corrected chi connectivity index (χ1v) is 7.36. The summed E-state index contributed by atoms with van der Waals surface area (Å²) in [6.07, 6.45) is 0.436. The Balaban J connectivity index is 1.66. The van der Waals surface area contributed by atoms with E-state index in [1.807, 2.05) is 0 Å². The lowest BCUT2D eigenvalue weighted by atomic mass is 10.1. The van der Waals surface area contributed by atoms with E-state index in [9.17, 15) is 4.79 Å². The normalized spacial score (nSPS) is 28.6. The van der Waals surface area contributed by atoms with Gasteiger partial charge in [-0.2, -0.15) is 4.98 Å². The highest BCUT2D eigenvalue weighted by Crippen LogP contribution is 2.21. The smallest absolute Gasteiger partial charge is 0.237 e. The molecule has 1 amide bonds. The van der Waals surface area contributed by atoms with Crippen molar-refractivity contribution >= 4 is 5.91 Å². The second-order valence-electron chi connectivity index (χ2n) is 5.81. The van der Waals surface area contributed by atoms with E-state index in [0.29, 0.717) is 24.7 Å². The van der Waals surface area contributed by atoms with E-state index in [-0.39, 0.29) is 18.0 Å². The molecule has 0 radical (unpaired) electrons. The lowest BCUT2D eigenvalue weighted by Gasteiger charge is -2.35. The predicted molar refractivity (Wildman–Crippen MR) is 75.7 cm³/mol. The molecule has 0 bridgehead atoms. The van der Waals surface area contributed by atoms with E-state index >= 15 is 0 Å². The van der Waals surface area contributed by atoms with Crippen molar-refractivity contribution < 1.29 is 9.32 Å². The number of carbonyl (C=O) groups is 1. The molecular formula is C13H22N6O2. The lowest BCUT2D eigenvalue weighted by molar-refractivity contribution is -0.124. The Morgan fingerprint density at radius 3 is 3.00 bits per heavy atom. The summed E-state index contributed by atoms with van der Waals surface area (Å²) in [5.74, 6) is 1.21. The van der Waals surface area contributed by atoms with Gasteiger partial charge in [0.2, 0.25) is 11.8 Å². The van der Waals surface area contributed by atoms with E-state index in [2.05, 4.69) is 44.7 Å². The number of aromatic nitrogens is 2. The van der Waals surface area contributed by atoms with Gasteiger partial charge < -0.3 is 20.1 Å². The first-order chi connectivity index (χ1) is 10.1. The third-order valence-corrected chi connectivity index (χ3v) is 4.14. The fraction of sp³-hybridized carbons (Fsp3) is 0.769. The number of nitrogens with one attached hydrogen (secondary N) is 2. The van der Waals surface area contributed by atoms with Gasteiger partial charge in [0.25, 0.3) is 0 Å². The van der Waals surface area contributed by atoms with Gasteiger partial charge in [-0.25, -0.2) is 0 Å². The third kappa shape index (κ3) is 3.22. The maximum absolute atomic E-state index is 11.7. The molecule has 3 heterocycles. The minimum atomic E-state index is -0.279. The molecule has 21 heavy (non-hydrogen) atoms. The molecule has 1 aromatic rings. The van der Waals surface area contributed by atoms with Crippen LogP contribution in [0, 0.1) is 0 Å². The summed E-state index contributed by atoms with van der Waals surface area (Å²) in [6, 6.07) is -0.131. The van der Waals surface area contributed by atoms with Crippen LogP contribution in [0.15, 0.2) is 4.52 Å². The second kappa shape index (κ2) is 6.08. The Hall–Kier alpha value is -1.51. The SMILES string of the molecule is CN1CCN(C)C(c2noc(CC3NCCNC3=O)n2)C1. The molecule has 0 aliphatic carbocycles. The standard InChI is InChI=1S/C13H22N6O2/c1-18-5-6-19(2)10(8-18)12-16-11(21-17-12)7-9-13(20)15-4-3-14-9/h9-10,14H,3-8H2,1-2H3,(H,15,20). The number of amides is 1. The van der Waals surface area contributed by atoms with Gasteiger partial charge in [-0.05, 0) is 14.1 Å². The molecule has 0 spiro atoms. The van der Waals surface area contributed by atoms with Crippen LogP contribution in [-0.2, 0) is 11.2 Å². The molecule has 1 aromatic heterocycles. The molecule has 2 saturated heterocycles. The maximum Gasteiger partial charge on any atom is 0.237 e. The van der Waals surface area contributed by atoms with Gasteiger partial charge in [0, 0.05) is 32.7 Å². The molecule has 2 atom stereocenters. The molecule has 2 aliphatic heterocycles. The maximum atomic E-state index is 11.7. The van der Waals surface area contributed by atoms with Crippen LogP contribution in [-0.4, -0.2) is 78.7 Å². The predicted octanol–water partition coefficient (Wildman–Crippen LogP) is -1.38. The molecule has 2 aliphatic rings. The van der Waals surface area contributed by atoms with Gasteiger partial charge >= 0.3 is 0 Å². The second-order valence-corrected chi connectivity index (χ2v) is 5.81. The van der Waals surface area contributed by atoms with Crippen LogP contribution < -0.4 is 10.6 Å². The number of carbonyl (C=O) groups excluding carboxylic acids is 1. The highest BCUT2D eigenvalue weighted by Gasteiger charge is 2.29. The monoisotopic (exact) mass is 294 g/mol. The first-order valence-electron chi connectivity index (χ1n) is 7.36. The molecule has 116 valence electrons. The molecule has 2 unspecified atom stereocenters. The van der Waals surface area contributed by atoms with Crippen LogP contribution >= 0.6 is 0 Å². The van der Waals surface area contributed by atoms with Gasteiger partial charge in [-0.1, -0.05) is 5.16 Å². The van der Waals surface area contributed by atoms with Crippen molar-refractivity contribution in [2.24, 2.45) is 0 Å². The zero-order chi connectivity index (χ0) is 14.8. The summed E-state index contributed by atoms with van der Waals surface area (Å²) in [5, 5.41) is 10.1. The number of likely N-dealkylation sites (N-methyl/N-ethyl adjacent to an activating group) is 2. The fourth-order valence-corrected chi connectivity index (χ4v) is 2.76. The summed E-state index contributed by atoms with van der Waals surface area (Å²) >= 11 is 0. The van der Waals surface area contributed by atoms with Crippen LogP contribution in [0.25, 0.3) is 0 Å². The van der Waals surface area contributed by atoms with Crippen molar-refractivity contribution in [3.63, 3.8) is 0 Å². The van der Waals surface area contributed by atoms with Gasteiger partial charge in [0.1, 0.15) is 0 Å². The topological polar surface area (TPSA) is 86.5 Å². The van der Waals surface area contributed by atoms with Crippen LogP contribution in [0.2, 0.25) is 0 Å². The Bertz CT molecular complexity index is 505. The molecule has 0 aromatic carbocycles. The highest BCUT2D eigenvalue weighted by atomic mass is 16.5. The van der Waals surface area contributed by atoms with Crippen molar-refractivity contribution in [3.8, 4) is 0 Å². The van der Waals surface area contributed by atoms with Crippen molar-refractivity contribution in [1.82, 2.24) is 30.6 Å². The van der Waals surface area contributed by atoms with Gasteiger partial charge in [-0.15, -0.1) is 0 Å².